The highest BCUT2D eigenvalue weighted by Gasteiger charge is 2.23. The van der Waals surface area contributed by atoms with E-state index in [0.717, 1.165) is 50.6 Å². The Balaban J connectivity index is 1.61. The summed E-state index contributed by atoms with van der Waals surface area (Å²) >= 11 is 0. The van der Waals surface area contributed by atoms with Crippen LogP contribution in [0.4, 0.5) is 0 Å². The fourth-order valence-electron chi connectivity index (χ4n) is 3.82. The van der Waals surface area contributed by atoms with Gasteiger partial charge in [0.15, 0.2) is 23.0 Å². The average molecular weight is 431 g/mol. The second-order valence-corrected chi connectivity index (χ2v) is 7.32. The van der Waals surface area contributed by atoms with Gasteiger partial charge in [-0.15, -0.1) is 0 Å². The summed E-state index contributed by atoms with van der Waals surface area (Å²) in [5, 5.41) is 0. The van der Waals surface area contributed by atoms with Gasteiger partial charge in [-0.05, 0) is 29.8 Å². The molecule has 1 fully saturated rings. The Labute approximate surface area is 182 Å². The van der Waals surface area contributed by atoms with Gasteiger partial charge in [0.2, 0.25) is 12.5 Å². The van der Waals surface area contributed by atoms with Gasteiger partial charge in [-0.2, -0.15) is 0 Å². The van der Waals surface area contributed by atoms with E-state index in [1.54, 1.807) is 21.3 Å². The molecule has 0 spiro atoms. The lowest BCUT2D eigenvalue weighted by Gasteiger charge is -2.29. The normalized spacial score (nSPS) is 16.6. The Morgan fingerprint density at radius 3 is 2.29 bits per heavy atom. The molecule has 4 rings (SSSR count). The minimum absolute atomic E-state index is 0.225. The maximum Gasteiger partial charge on any atom is 0.231 e. The van der Waals surface area contributed by atoms with E-state index in [2.05, 4.69) is 4.90 Å². The molecule has 168 valence electrons. The third-order valence-corrected chi connectivity index (χ3v) is 5.49. The molecule has 0 saturated carbocycles. The van der Waals surface area contributed by atoms with Gasteiger partial charge in [0.25, 0.3) is 0 Å². The minimum atomic E-state index is -0.225. The van der Waals surface area contributed by atoms with E-state index >= 15 is 0 Å². The summed E-state index contributed by atoms with van der Waals surface area (Å²) in [5.74, 6) is 3.89. The number of rotatable bonds is 9. The standard InChI is InChI=1S/C23H29NO7/c1-25-21-12-16(13-22(26-2)23(21)27-3)18(6-7-24-8-10-28-11-9-24)31-17-4-5-19-20(14-17)30-15-29-19/h4-5,12-14,18H,6-11,15H2,1-3H3. The Hall–Kier alpha value is -2.84. The van der Waals surface area contributed by atoms with Crippen molar-refractivity contribution < 1.29 is 33.2 Å². The molecule has 2 aromatic rings. The van der Waals surface area contributed by atoms with Gasteiger partial charge in [0.05, 0.1) is 34.5 Å². The Morgan fingerprint density at radius 2 is 1.61 bits per heavy atom. The van der Waals surface area contributed by atoms with Crippen LogP contribution in [0.1, 0.15) is 18.1 Å². The van der Waals surface area contributed by atoms with Gasteiger partial charge < -0.3 is 33.2 Å². The van der Waals surface area contributed by atoms with Crippen LogP contribution in [-0.2, 0) is 4.74 Å². The summed E-state index contributed by atoms with van der Waals surface area (Å²) in [6.07, 6.45) is 0.560. The highest BCUT2D eigenvalue weighted by Crippen LogP contribution is 2.42. The number of hydrogen-bond donors (Lipinski definition) is 0. The van der Waals surface area contributed by atoms with Crippen molar-refractivity contribution in [2.24, 2.45) is 0 Å². The number of morpholine rings is 1. The quantitative estimate of drug-likeness (QED) is 0.599. The number of benzene rings is 2. The topological polar surface area (TPSA) is 67.9 Å². The van der Waals surface area contributed by atoms with Gasteiger partial charge >= 0.3 is 0 Å². The number of methoxy groups -OCH3 is 3. The number of fused-ring (bicyclic) bond motifs is 1. The molecule has 0 aliphatic carbocycles. The molecule has 2 aliphatic rings. The molecule has 2 aliphatic heterocycles. The summed E-state index contributed by atoms with van der Waals surface area (Å²) in [4.78, 5) is 2.39. The first-order chi connectivity index (χ1) is 15.2. The molecule has 1 saturated heterocycles. The number of ether oxygens (including phenoxy) is 7. The fraction of sp³-hybridized carbons (Fsp3) is 0.478. The summed E-state index contributed by atoms with van der Waals surface area (Å²) in [6.45, 7) is 4.48. The first kappa shape index (κ1) is 21.4. The van der Waals surface area contributed by atoms with E-state index in [1.807, 2.05) is 30.3 Å². The molecule has 0 bridgehead atoms. The molecular weight excluding hydrogens is 402 g/mol. The average Bonchev–Trinajstić information content (AvgIpc) is 3.29. The molecule has 8 nitrogen and oxygen atoms in total. The van der Waals surface area contributed by atoms with E-state index in [9.17, 15) is 0 Å². The maximum absolute atomic E-state index is 6.44. The van der Waals surface area contributed by atoms with Crippen molar-refractivity contribution >= 4 is 0 Å². The van der Waals surface area contributed by atoms with Crippen LogP contribution in [-0.4, -0.2) is 65.9 Å². The molecule has 0 amide bonds. The second kappa shape index (κ2) is 9.98. The fourth-order valence-corrected chi connectivity index (χ4v) is 3.82. The van der Waals surface area contributed by atoms with E-state index in [-0.39, 0.29) is 12.9 Å². The predicted octanol–water partition coefficient (Wildman–Crippen LogP) is 3.28. The summed E-state index contributed by atoms with van der Waals surface area (Å²) in [5.41, 5.74) is 0.945. The summed E-state index contributed by atoms with van der Waals surface area (Å²) in [7, 11) is 4.82. The predicted molar refractivity (Wildman–Crippen MR) is 114 cm³/mol. The van der Waals surface area contributed by atoms with Crippen molar-refractivity contribution in [1.82, 2.24) is 4.90 Å². The number of hydrogen-bond acceptors (Lipinski definition) is 8. The smallest absolute Gasteiger partial charge is 0.231 e. The van der Waals surface area contributed by atoms with E-state index in [1.165, 1.54) is 0 Å². The molecule has 31 heavy (non-hydrogen) atoms. The molecule has 0 N–H and O–H groups in total. The van der Waals surface area contributed by atoms with E-state index < -0.39 is 0 Å². The molecule has 1 unspecified atom stereocenters. The van der Waals surface area contributed by atoms with Crippen LogP contribution in [0, 0.1) is 0 Å². The van der Waals surface area contributed by atoms with Crippen LogP contribution in [0.5, 0.6) is 34.5 Å². The lowest BCUT2D eigenvalue weighted by atomic mass is 10.0. The number of nitrogens with zero attached hydrogens (tertiary/aromatic N) is 1. The Morgan fingerprint density at radius 1 is 0.903 bits per heavy atom. The van der Waals surface area contributed by atoms with Crippen LogP contribution in [0.2, 0.25) is 0 Å². The first-order valence-electron chi connectivity index (χ1n) is 10.4. The van der Waals surface area contributed by atoms with Gasteiger partial charge in [0.1, 0.15) is 11.9 Å². The van der Waals surface area contributed by atoms with Crippen LogP contribution in [0.3, 0.4) is 0 Å². The second-order valence-electron chi connectivity index (χ2n) is 7.32. The van der Waals surface area contributed by atoms with Crippen molar-refractivity contribution in [2.45, 2.75) is 12.5 Å². The van der Waals surface area contributed by atoms with Crippen molar-refractivity contribution in [3.05, 3.63) is 35.9 Å². The van der Waals surface area contributed by atoms with E-state index in [4.69, 9.17) is 33.2 Å². The zero-order chi connectivity index (χ0) is 21.6. The largest absolute Gasteiger partial charge is 0.493 e. The highest BCUT2D eigenvalue weighted by molar-refractivity contribution is 5.54. The van der Waals surface area contributed by atoms with Crippen LogP contribution < -0.4 is 28.4 Å². The SMILES string of the molecule is COc1cc(C(CCN2CCOCC2)Oc2ccc3c(c2)OCO3)cc(OC)c1OC. The highest BCUT2D eigenvalue weighted by atomic mass is 16.7. The van der Waals surface area contributed by atoms with Gasteiger partial charge in [-0.1, -0.05) is 0 Å². The third-order valence-electron chi connectivity index (χ3n) is 5.49. The molecule has 2 aromatic carbocycles. The Bertz CT molecular complexity index is 857. The van der Waals surface area contributed by atoms with Crippen LogP contribution in [0.15, 0.2) is 30.3 Å². The lowest BCUT2D eigenvalue weighted by molar-refractivity contribution is 0.0317. The summed E-state index contributed by atoms with van der Waals surface area (Å²) < 4.78 is 39.4. The lowest BCUT2D eigenvalue weighted by Crippen LogP contribution is -2.37. The molecule has 8 heteroatoms. The van der Waals surface area contributed by atoms with Gasteiger partial charge in [-0.3, -0.25) is 4.90 Å². The van der Waals surface area contributed by atoms with Crippen molar-refractivity contribution in [3.63, 3.8) is 0 Å². The molecule has 1 atom stereocenters. The molecule has 0 aromatic heterocycles. The maximum atomic E-state index is 6.44. The molecule has 0 radical (unpaired) electrons. The van der Waals surface area contributed by atoms with Gasteiger partial charge in [-0.25, -0.2) is 0 Å². The zero-order valence-corrected chi connectivity index (χ0v) is 18.2. The van der Waals surface area contributed by atoms with Crippen molar-refractivity contribution in [3.8, 4) is 34.5 Å². The van der Waals surface area contributed by atoms with Crippen LogP contribution >= 0.6 is 0 Å². The zero-order valence-electron chi connectivity index (χ0n) is 18.2. The minimum Gasteiger partial charge on any atom is -0.493 e. The van der Waals surface area contributed by atoms with E-state index in [0.29, 0.717) is 28.7 Å². The third kappa shape index (κ3) is 4.91. The van der Waals surface area contributed by atoms with Gasteiger partial charge in [0, 0.05) is 32.1 Å². The van der Waals surface area contributed by atoms with Crippen LogP contribution in [0.25, 0.3) is 0 Å². The molecular formula is C23H29NO7. The monoisotopic (exact) mass is 431 g/mol. The van der Waals surface area contributed by atoms with Crippen molar-refractivity contribution in [1.29, 1.82) is 0 Å². The summed E-state index contributed by atoms with van der Waals surface area (Å²) in [6, 6.07) is 9.51. The molecule has 2 heterocycles. The first-order valence-corrected chi connectivity index (χ1v) is 10.4. The Kier molecular flexibility index (Phi) is 6.89. The van der Waals surface area contributed by atoms with Crippen molar-refractivity contribution in [2.75, 3.05) is 61.0 Å².